The minimum Gasteiger partial charge on any atom is -0.366 e. The number of para-hydroxylation sites is 1. The van der Waals surface area contributed by atoms with Crippen LogP contribution in [0.15, 0.2) is 79.0 Å². The number of hydrogen-bond donors (Lipinski definition) is 3. The minimum atomic E-state index is -0.473. The normalized spacial score (nSPS) is 10.8. The average Bonchev–Trinajstić information content (AvgIpc) is 3.15. The molecule has 0 spiro atoms. The predicted molar refractivity (Wildman–Crippen MR) is 114 cm³/mol. The van der Waals surface area contributed by atoms with Gasteiger partial charge in [0, 0.05) is 29.2 Å². The van der Waals surface area contributed by atoms with Crippen LogP contribution in [0.3, 0.4) is 0 Å². The van der Waals surface area contributed by atoms with Crippen LogP contribution in [0.4, 0.5) is 0 Å². The molecule has 0 aliphatic rings. The molecule has 1 aromatic heterocycles. The van der Waals surface area contributed by atoms with Crippen molar-refractivity contribution in [3.8, 4) is 11.1 Å². The second-order valence-corrected chi connectivity index (χ2v) is 6.92. The highest BCUT2D eigenvalue weighted by Crippen LogP contribution is 2.25. The number of aromatic amines is 1. The molecule has 4 aromatic rings. The van der Waals surface area contributed by atoms with E-state index in [2.05, 4.69) is 10.3 Å². The number of carbonyl (C=O) groups is 2. The summed E-state index contributed by atoms with van der Waals surface area (Å²) >= 11 is 0. The minimum absolute atomic E-state index is 0.0602. The zero-order valence-corrected chi connectivity index (χ0v) is 15.8. The van der Waals surface area contributed by atoms with Crippen molar-refractivity contribution in [1.82, 2.24) is 10.3 Å². The average molecular weight is 383 g/mol. The summed E-state index contributed by atoms with van der Waals surface area (Å²) in [6.07, 6.45) is 2.17. The summed E-state index contributed by atoms with van der Waals surface area (Å²) < 4.78 is 0. The lowest BCUT2D eigenvalue weighted by Crippen LogP contribution is -2.24. The van der Waals surface area contributed by atoms with Crippen molar-refractivity contribution in [3.05, 3.63) is 95.7 Å². The van der Waals surface area contributed by atoms with Gasteiger partial charge < -0.3 is 16.0 Å². The molecule has 29 heavy (non-hydrogen) atoms. The van der Waals surface area contributed by atoms with Gasteiger partial charge in [0.1, 0.15) is 0 Å². The van der Waals surface area contributed by atoms with Gasteiger partial charge in [-0.2, -0.15) is 0 Å². The predicted octanol–water partition coefficient (Wildman–Crippen LogP) is 3.79. The molecule has 0 saturated carbocycles. The second-order valence-electron chi connectivity index (χ2n) is 6.92. The summed E-state index contributed by atoms with van der Waals surface area (Å²) in [6.45, 7) is 0.375. The van der Waals surface area contributed by atoms with E-state index in [1.54, 1.807) is 6.07 Å². The molecule has 0 aliphatic heterocycles. The first-order valence-electron chi connectivity index (χ1n) is 9.41. The summed E-state index contributed by atoms with van der Waals surface area (Å²) in [5.74, 6) is -0.534. The number of nitrogens with two attached hydrogens (primary N) is 1. The largest absolute Gasteiger partial charge is 0.366 e. The van der Waals surface area contributed by atoms with Gasteiger partial charge in [0.05, 0.1) is 6.42 Å². The lowest BCUT2D eigenvalue weighted by molar-refractivity contribution is -0.120. The Kier molecular flexibility index (Phi) is 5.12. The van der Waals surface area contributed by atoms with Gasteiger partial charge >= 0.3 is 0 Å². The highest BCUT2D eigenvalue weighted by Gasteiger charge is 2.12. The van der Waals surface area contributed by atoms with Gasteiger partial charge in [0.15, 0.2) is 0 Å². The van der Waals surface area contributed by atoms with Crippen LogP contribution in [-0.2, 0) is 17.8 Å². The van der Waals surface area contributed by atoms with E-state index in [4.69, 9.17) is 5.73 Å². The molecular formula is C24H21N3O2. The zero-order chi connectivity index (χ0) is 20.2. The number of H-pyrrole nitrogens is 1. The molecule has 0 bridgehead atoms. The van der Waals surface area contributed by atoms with E-state index in [-0.39, 0.29) is 5.91 Å². The molecule has 2 amide bonds. The number of aromatic nitrogens is 1. The first-order chi connectivity index (χ1) is 14.1. The zero-order valence-electron chi connectivity index (χ0n) is 15.8. The van der Waals surface area contributed by atoms with Gasteiger partial charge in [-0.3, -0.25) is 9.59 Å². The lowest BCUT2D eigenvalue weighted by atomic mass is 9.97. The van der Waals surface area contributed by atoms with E-state index in [0.717, 1.165) is 33.2 Å². The van der Waals surface area contributed by atoms with Crippen LogP contribution in [0, 0.1) is 0 Å². The van der Waals surface area contributed by atoms with Crippen LogP contribution in [0.1, 0.15) is 21.5 Å². The first kappa shape index (κ1) is 18.5. The Morgan fingerprint density at radius 3 is 2.48 bits per heavy atom. The van der Waals surface area contributed by atoms with Crippen LogP contribution in [-0.4, -0.2) is 16.8 Å². The fraction of sp³-hybridized carbons (Fsp3) is 0.0833. The van der Waals surface area contributed by atoms with E-state index < -0.39 is 5.91 Å². The molecule has 4 rings (SSSR count). The van der Waals surface area contributed by atoms with Gasteiger partial charge in [-0.05, 0) is 40.5 Å². The third kappa shape index (κ3) is 4.04. The number of benzene rings is 3. The maximum Gasteiger partial charge on any atom is 0.249 e. The summed E-state index contributed by atoms with van der Waals surface area (Å²) in [6, 6.07) is 23.0. The van der Waals surface area contributed by atoms with E-state index in [9.17, 15) is 9.59 Å². The maximum absolute atomic E-state index is 12.5. The molecule has 5 nitrogen and oxygen atoms in total. The summed E-state index contributed by atoms with van der Waals surface area (Å²) in [7, 11) is 0. The maximum atomic E-state index is 12.5. The van der Waals surface area contributed by atoms with Crippen molar-refractivity contribution < 1.29 is 9.59 Å². The third-order valence-electron chi connectivity index (χ3n) is 4.95. The van der Waals surface area contributed by atoms with Crippen molar-refractivity contribution in [3.63, 3.8) is 0 Å². The fourth-order valence-corrected chi connectivity index (χ4v) is 3.49. The van der Waals surface area contributed by atoms with Gasteiger partial charge in [0.25, 0.3) is 0 Å². The first-order valence-corrected chi connectivity index (χ1v) is 9.41. The van der Waals surface area contributed by atoms with Gasteiger partial charge in [-0.25, -0.2) is 0 Å². The summed E-state index contributed by atoms with van der Waals surface area (Å²) in [5, 5.41) is 4.02. The quantitative estimate of drug-likeness (QED) is 0.473. The number of fused-ring (bicyclic) bond motifs is 1. The smallest absolute Gasteiger partial charge is 0.249 e. The van der Waals surface area contributed by atoms with Crippen LogP contribution < -0.4 is 11.1 Å². The molecule has 3 aromatic carbocycles. The van der Waals surface area contributed by atoms with Crippen LogP contribution in [0.25, 0.3) is 22.0 Å². The molecule has 144 valence electrons. The van der Waals surface area contributed by atoms with Crippen LogP contribution in [0.5, 0.6) is 0 Å². The standard InChI is InChI=1S/C24H21N3O2/c25-24(29)20-11-10-16(12-21(20)17-6-2-1-3-7-17)14-27-23(28)13-18-15-26-22-9-5-4-8-19(18)22/h1-12,15,26H,13-14H2,(H2,25,29)(H,27,28). The highest BCUT2D eigenvalue weighted by atomic mass is 16.1. The number of rotatable bonds is 6. The van der Waals surface area contributed by atoms with E-state index in [0.29, 0.717) is 18.5 Å². The number of carbonyl (C=O) groups excluding carboxylic acids is 2. The van der Waals surface area contributed by atoms with Crippen molar-refractivity contribution in [2.75, 3.05) is 0 Å². The Morgan fingerprint density at radius 2 is 1.69 bits per heavy atom. The summed E-state index contributed by atoms with van der Waals surface area (Å²) in [4.78, 5) is 27.5. The molecular weight excluding hydrogens is 362 g/mol. The third-order valence-corrected chi connectivity index (χ3v) is 4.95. The van der Waals surface area contributed by atoms with E-state index in [1.165, 1.54) is 0 Å². The van der Waals surface area contributed by atoms with E-state index >= 15 is 0 Å². The Labute approximate surface area is 168 Å². The van der Waals surface area contributed by atoms with E-state index in [1.807, 2.05) is 72.9 Å². The molecule has 0 unspecified atom stereocenters. The van der Waals surface area contributed by atoms with Crippen molar-refractivity contribution >= 4 is 22.7 Å². The number of primary amides is 1. The number of hydrogen-bond acceptors (Lipinski definition) is 2. The van der Waals surface area contributed by atoms with Crippen LogP contribution in [0.2, 0.25) is 0 Å². The van der Waals surface area contributed by atoms with Crippen LogP contribution >= 0.6 is 0 Å². The Balaban J connectivity index is 1.49. The fourth-order valence-electron chi connectivity index (χ4n) is 3.49. The van der Waals surface area contributed by atoms with Gasteiger partial charge in [0.2, 0.25) is 11.8 Å². The molecule has 4 N–H and O–H groups in total. The van der Waals surface area contributed by atoms with Crippen molar-refractivity contribution in [1.29, 1.82) is 0 Å². The SMILES string of the molecule is NC(=O)c1ccc(CNC(=O)Cc2c[nH]c3ccccc23)cc1-c1ccccc1. The Morgan fingerprint density at radius 1 is 0.931 bits per heavy atom. The van der Waals surface area contributed by atoms with Gasteiger partial charge in [-0.1, -0.05) is 54.6 Å². The second kappa shape index (κ2) is 8.02. The van der Waals surface area contributed by atoms with Crippen molar-refractivity contribution in [2.45, 2.75) is 13.0 Å². The lowest BCUT2D eigenvalue weighted by Gasteiger charge is -2.11. The topological polar surface area (TPSA) is 88.0 Å². The number of amides is 2. The Bertz CT molecular complexity index is 1180. The molecule has 5 heteroatoms. The monoisotopic (exact) mass is 383 g/mol. The Hall–Kier alpha value is -3.86. The number of nitrogens with one attached hydrogen (secondary N) is 2. The van der Waals surface area contributed by atoms with Gasteiger partial charge in [-0.15, -0.1) is 0 Å². The molecule has 0 radical (unpaired) electrons. The molecule has 0 atom stereocenters. The molecule has 0 fully saturated rings. The molecule has 0 aliphatic carbocycles. The molecule has 0 saturated heterocycles. The van der Waals surface area contributed by atoms with Crippen molar-refractivity contribution in [2.24, 2.45) is 5.73 Å². The summed E-state index contributed by atoms with van der Waals surface area (Å²) in [5.41, 5.74) is 10.6. The highest BCUT2D eigenvalue weighted by molar-refractivity contribution is 6.00. The molecule has 1 heterocycles.